The van der Waals surface area contributed by atoms with Gasteiger partial charge in [-0.05, 0) is 13.3 Å². The van der Waals surface area contributed by atoms with Gasteiger partial charge in [0.15, 0.2) is 0 Å². The Morgan fingerprint density at radius 1 is 0.950 bits per heavy atom. The minimum atomic E-state index is -0.0426. The molecule has 0 rings (SSSR count). The minimum absolute atomic E-state index is 0.0426. The van der Waals surface area contributed by atoms with E-state index < -0.39 is 0 Å². The van der Waals surface area contributed by atoms with Gasteiger partial charge in [0.2, 0.25) is 0 Å². The highest BCUT2D eigenvalue weighted by atomic mass is 16.1. The highest BCUT2D eigenvalue weighted by Gasteiger charge is 2.01. The molecule has 0 unspecified atom stereocenters. The van der Waals surface area contributed by atoms with E-state index in [4.69, 9.17) is 0 Å². The molecule has 0 saturated heterocycles. The molecule has 0 heterocycles. The number of hydrogen-bond acceptors (Lipinski definition) is 1. The highest BCUT2D eigenvalue weighted by molar-refractivity contribution is 5.95. The van der Waals surface area contributed by atoms with Crippen molar-refractivity contribution in [3.8, 4) is 0 Å². The van der Waals surface area contributed by atoms with Gasteiger partial charge in [-0.15, -0.1) is 0 Å². The molecule has 0 aromatic carbocycles. The van der Waals surface area contributed by atoms with Crippen LogP contribution in [-0.4, -0.2) is 12.5 Å². The molecule has 0 fully saturated rings. The van der Waals surface area contributed by atoms with Crippen molar-refractivity contribution >= 4 is 5.91 Å². The second-order valence-electron chi connectivity index (χ2n) is 5.46. The quantitative estimate of drug-likeness (QED) is 0.282. The predicted octanol–water partition coefficient (Wildman–Crippen LogP) is 5.16. The van der Waals surface area contributed by atoms with E-state index in [2.05, 4.69) is 18.8 Å². The Morgan fingerprint density at radius 3 is 1.95 bits per heavy atom. The molecule has 0 aliphatic rings. The Balaban J connectivity index is 3.24. The van der Waals surface area contributed by atoms with Crippen LogP contribution in [-0.2, 0) is 4.79 Å². The zero-order valence-corrected chi connectivity index (χ0v) is 13.5. The third kappa shape index (κ3) is 12.0. The SMILES string of the molecule is C=C(/C=C\C)C(=O)NCCCCCCCCCCCC. The molecule has 20 heavy (non-hydrogen) atoms. The van der Waals surface area contributed by atoms with Crippen molar-refractivity contribution in [2.24, 2.45) is 0 Å². The molecule has 0 aromatic heterocycles. The summed E-state index contributed by atoms with van der Waals surface area (Å²) < 4.78 is 0. The average Bonchev–Trinajstić information content (AvgIpc) is 2.44. The van der Waals surface area contributed by atoms with Crippen molar-refractivity contribution in [2.75, 3.05) is 6.54 Å². The zero-order valence-electron chi connectivity index (χ0n) is 13.5. The third-order valence-electron chi connectivity index (χ3n) is 3.48. The van der Waals surface area contributed by atoms with E-state index in [9.17, 15) is 4.79 Å². The monoisotopic (exact) mass is 279 g/mol. The first-order chi connectivity index (χ1) is 9.72. The number of rotatable bonds is 13. The summed E-state index contributed by atoms with van der Waals surface area (Å²) in [5.74, 6) is -0.0426. The lowest BCUT2D eigenvalue weighted by Gasteiger charge is -2.05. The van der Waals surface area contributed by atoms with Crippen LogP contribution in [0.4, 0.5) is 0 Å². The molecule has 0 spiro atoms. The Labute approximate surface area is 125 Å². The van der Waals surface area contributed by atoms with E-state index in [1.807, 2.05) is 13.0 Å². The normalized spacial score (nSPS) is 10.9. The summed E-state index contributed by atoms with van der Waals surface area (Å²) in [6.07, 6.45) is 16.8. The predicted molar refractivity (Wildman–Crippen MR) is 88.8 cm³/mol. The van der Waals surface area contributed by atoms with E-state index in [1.165, 1.54) is 57.8 Å². The molecule has 1 N–H and O–H groups in total. The number of carbonyl (C=O) groups is 1. The number of carbonyl (C=O) groups excluding carboxylic acids is 1. The van der Waals surface area contributed by atoms with Gasteiger partial charge in [-0.1, -0.05) is 83.4 Å². The molecule has 0 radical (unpaired) electrons. The first-order valence-electron chi connectivity index (χ1n) is 8.32. The van der Waals surface area contributed by atoms with Crippen LogP contribution in [0.5, 0.6) is 0 Å². The van der Waals surface area contributed by atoms with E-state index in [-0.39, 0.29) is 5.91 Å². The van der Waals surface area contributed by atoms with Crippen molar-refractivity contribution < 1.29 is 4.79 Å². The lowest BCUT2D eigenvalue weighted by molar-refractivity contribution is -0.117. The van der Waals surface area contributed by atoms with Gasteiger partial charge in [0.25, 0.3) is 5.91 Å². The van der Waals surface area contributed by atoms with Gasteiger partial charge in [0.05, 0.1) is 0 Å². The van der Waals surface area contributed by atoms with Gasteiger partial charge in [-0.25, -0.2) is 0 Å². The zero-order chi connectivity index (χ0) is 15.1. The molecule has 1 amide bonds. The minimum Gasteiger partial charge on any atom is -0.352 e. The fourth-order valence-corrected chi connectivity index (χ4v) is 2.20. The fraction of sp³-hybridized carbons (Fsp3) is 0.722. The Morgan fingerprint density at radius 2 is 1.45 bits per heavy atom. The van der Waals surface area contributed by atoms with Gasteiger partial charge in [0.1, 0.15) is 0 Å². The summed E-state index contributed by atoms with van der Waals surface area (Å²) in [5, 5.41) is 2.90. The Kier molecular flexibility index (Phi) is 13.6. The van der Waals surface area contributed by atoms with Crippen molar-refractivity contribution in [3.05, 3.63) is 24.3 Å². The summed E-state index contributed by atoms with van der Waals surface area (Å²) in [6.45, 7) is 8.63. The summed E-state index contributed by atoms with van der Waals surface area (Å²) in [5.41, 5.74) is 0.541. The number of hydrogen-bond donors (Lipinski definition) is 1. The van der Waals surface area contributed by atoms with Gasteiger partial charge < -0.3 is 5.32 Å². The maximum absolute atomic E-state index is 11.5. The maximum atomic E-state index is 11.5. The van der Waals surface area contributed by atoms with Crippen LogP contribution < -0.4 is 5.32 Å². The highest BCUT2D eigenvalue weighted by Crippen LogP contribution is 2.10. The van der Waals surface area contributed by atoms with E-state index in [0.717, 1.165) is 13.0 Å². The number of amides is 1. The molecule has 0 atom stereocenters. The molecule has 0 aliphatic carbocycles. The molecular weight excluding hydrogens is 246 g/mol. The van der Waals surface area contributed by atoms with Crippen LogP contribution in [0.2, 0.25) is 0 Å². The van der Waals surface area contributed by atoms with Crippen LogP contribution in [0.3, 0.4) is 0 Å². The lowest BCUT2D eigenvalue weighted by atomic mass is 10.1. The van der Waals surface area contributed by atoms with Crippen LogP contribution in [0.1, 0.15) is 78.1 Å². The molecular formula is C18H33NO. The van der Waals surface area contributed by atoms with Gasteiger partial charge in [0, 0.05) is 12.1 Å². The van der Waals surface area contributed by atoms with Crippen molar-refractivity contribution in [1.82, 2.24) is 5.32 Å². The molecule has 2 heteroatoms. The largest absolute Gasteiger partial charge is 0.352 e. The average molecular weight is 279 g/mol. The van der Waals surface area contributed by atoms with Gasteiger partial charge in [-0.3, -0.25) is 4.79 Å². The van der Waals surface area contributed by atoms with E-state index in [0.29, 0.717) is 5.57 Å². The molecule has 2 nitrogen and oxygen atoms in total. The Hall–Kier alpha value is -1.05. The summed E-state index contributed by atoms with van der Waals surface area (Å²) in [7, 11) is 0. The maximum Gasteiger partial charge on any atom is 0.250 e. The van der Waals surface area contributed by atoms with Crippen LogP contribution in [0.25, 0.3) is 0 Å². The molecule has 0 saturated carbocycles. The van der Waals surface area contributed by atoms with Crippen molar-refractivity contribution in [2.45, 2.75) is 78.1 Å². The number of unbranched alkanes of at least 4 members (excludes halogenated alkanes) is 9. The smallest absolute Gasteiger partial charge is 0.250 e. The number of nitrogens with one attached hydrogen (secondary N) is 1. The standard InChI is InChI=1S/C18H33NO/c1-4-6-7-8-9-10-11-12-13-14-16-19-18(20)17(3)15-5-2/h5,15H,3-4,6-14,16H2,1-2H3,(H,19,20)/b15-5-. The second-order valence-corrected chi connectivity index (χ2v) is 5.46. The Bertz CT molecular complexity index is 281. The topological polar surface area (TPSA) is 29.1 Å². The lowest BCUT2D eigenvalue weighted by Crippen LogP contribution is -2.24. The third-order valence-corrected chi connectivity index (χ3v) is 3.48. The van der Waals surface area contributed by atoms with Crippen LogP contribution >= 0.6 is 0 Å². The van der Waals surface area contributed by atoms with Gasteiger partial charge >= 0.3 is 0 Å². The molecule has 0 bridgehead atoms. The molecule has 0 aliphatic heterocycles. The van der Waals surface area contributed by atoms with Crippen molar-refractivity contribution in [1.29, 1.82) is 0 Å². The van der Waals surface area contributed by atoms with Crippen LogP contribution in [0.15, 0.2) is 24.3 Å². The first kappa shape index (κ1) is 18.9. The summed E-state index contributed by atoms with van der Waals surface area (Å²) in [6, 6.07) is 0. The summed E-state index contributed by atoms with van der Waals surface area (Å²) >= 11 is 0. The van der Waals surface area contributed by atoms with E-state index in [1.54, 1.807) is 6.08 Å². The fourth-order valence-electron chi connectivity index (χ4n) is 2.20. The van der Waals surface area contributed by atoms with Gasteiger partial charge in [-0.2, -0.15) is 0 Å². The van der Waals surface area contributed by atoms with Crippen LogP contribution in [0, 0.1) is 0 Å². The van der Waals surface area contributed by atoms with Crippen molar-refractivity contribution in [3.63, 3.8) is 0 Å². The second kappa shape index (κ2) is 14.4. The molecule has 116 valence electrons. The number of allylic oxidation sites excluding steroid dienone is 1. The summed E-state index contributed by atoms with van der Waals surface area (Å²) in [4.78, 5) is 11.5. The van der Waals surface area contributed by atoms with E-state index >= 15 is 0 Å². The first-order valence-corrected chi connectivity index (χ1v) is 8.32. The molecule has 0 aromatic rings.